The lowest BCUT2D eigenvalue weighted by molar-refractivity contribution is 0.632. The number of rotatable bonds is 3. The van der Waals surface area contributed by atoms with Crippen LogP contribution in [0.3, 0.4) is 0 Å². The average molecular weight is 613 g/mol. The summed E-state index contributed by atoms with van der Waals surface area (Å²) in [7, 11) is 0. The summed E-state index contributed by atoms with van der Waals surface area (Å²) in [5, 5.41) is 17.7. The molecule has 0 saturated carbocycles. The summed E-state index contributed by atoms with van der Waals surface area (Å²) in [6, 6.07) is 58.9. The highest BCUT2D eigenvalue weighted by atomic mass is 15.2. The zero-order valence-corrected chi connectivity index (χ0v) is 26.9. The Hall–Kier alpha value is -6.17. The van der Waals surface area contributed by atoms with Crippen LogP contribution in [0, 0.1) is 11.3 Å². The summed E-state index contributed by atoms with van der Waals surface area (Å²) in [5.74, 6) is 0. The summed E-state index contributed by atoms with van der Waals surface area (Å²) in [6.07, 6.45) is 0. The average Bonchev–Trinajstić information content (AvgIpc) is 3.15. The molecule has 226 valence electrons. The maximum atomic E-state index is 10.2. The van der Waals surface area contributed by atoms with Crippen LogP contribution < -0.4 is 4.90 Å². The maximum Gasteiger partial charge on any atom is 0.0992 e. The molecule has 1 heterocycles. The van der Waals surface area contributed by atoms with Crippen molar-refractivity contribution < 1.29 is 0 Å². The van der Waals surface area contributed by atoms with Crippen LogP contribution in [0.1, 0.15) is 30.5 Å². The van der Waals surface area contributed by atoms with Gasteiger partial charge in [-0.25, -0.2) is 0 Å². The van der Waals surface area contributed by atoms with E-state index in [0.717, 1.165) is 27.9 Å². The lowest BCUT2D eigenvalue weighted by Gasteiger charge is -2.42. The lowest BCUT2D eigenvalue weighted by Crippen LogP contribution is -2.30. The molecule has 0 amide bonds. The lowest BCUT2D eigenvalue weighted by atomic mass is 9.73. The third-order valence-electron chi connectivity index (χ3n) is 10.2. The van der Waals surface area contributed by atoms with E-state index in [9.17, 15) is 5.26 Å². The first-order valence-electron chi connectivity index (χ1n) is 16.5. The molecule has 1 aliphatic heterocycles. The number of anilines is 3. The fourth-order valence-electron chi connectivity index (χ4n) is 7.88. The van der Waals surface area contributed by atoms with Gasteiger partial charge in [0.05, 0.1) is 23.0 Å². The van der Waals surface area contributed by atoms with Crippen LogP contribution in [-0.2, 0) is 5.41 Å². The number of hydrogen-bond donors (Lipinski definition) is 0. The van der Waals surface area contributed by atoms with Gasteiger partial charge in [0.25, 0.3) is 0 Å². The van der Waals surface area contributed by atoms with Crippen molar-refractivity contribution in [2.45, 2.75) is 19.3 Å². The van der Waals surface area contributed by atoms with Crippen molar-refractivity contribution in [2.24, 2.45) is 0 Å². The second-order valence-electron chi connectivity index (χ2n) is 13.3. The molecule has 0 saturated heterocycles. The molecule has 8 aromatic carbocycles. The van der Waals surface area contributed by atoms with Gasteiger partial charge in [-0.2, -0.15) is 5.26 Å². The van der Waals surface area contributed by atoms with Crippen molar-refractivity contribution in [3.63, 3.8) is 0 Å². The summed E-state index contributed by atoms with van der Waals surface area (Å²) in [6.45, 7) is 4.62. The fourth-order valence-corrected chi connectivity index (χ4v) is 7.88. The number of benzene rings is 8. The van der Waals surface area contributed by atoms with Gasteiger partial charge in [0.2, 0.25) is 0 Å². The topological polar surface area (TPSA) is 27.0 Å². The van der Waals surface area contributed by atoms with Crippen molar-refractivity contribution in [3.8, 4) is 28.3 Å². The van der Waals surface area contributed by atoms with E-state index >= 15 is 0 Å². The van der Waals surface area contributed by atoms with Gasteiger partial charge < -0.3 is 4.90 Å². The Bertz CT molecular complexity index is 2540. The summed E-state index contributed by atoms with van der Waals surface area (Å²) in [5.41, 5.74) is 10.8. The van der Waals surface area contributed by atoms with Crippen LogP contribution in [0.25, 0.3) is 54.6 Å². The van der Waals surface area contributed by atoms with Gasteiger partial charge in [0, 0.05) is 11.1 Å². The number of nitriles is 1. The number of para-hydroxylation sites is 2. The molecule has 0 atom stereocenters. The van der Waals surface area contributed by atoms with E-state index in [0.29, 0.717) is 5.56 Å². The van der Waals surface area contributed by atoms with Crippen molar-refractivity contribution in [1.82, 2.24) is 0 Å². The molecule has 9 rings (SSSR count). The van der Waals surface area contributed by atoms with Crippen molar-refractivity contribution in [3.05, 3.63) is 174 Å². The number of fused-ring (bicyclic) bond motifs is 8. The van der Waals surface area contributed by atoms with Crippen LogP contribution in [0.2, 0.25) is 0 Å². The number of hydrogen-bond acceptors (Lipinski definition) is 2. The van der Waals surface area contributed by atoms with Gasteiger partial charge in [-0.15, -0.1) is 0 Å². The molecule has 0 aliphatic carbocycles. The predicted octanol–water partition coefficient (Wildman–Crippen LogP) is 12.5. The Morgan fingerprint density at radius 2 is 0.938 bits per heavy atom. The highest BCUT2D eigenvalue weighted by molar-refractivity contribution is 6.25. The molecule has 0 aromatic heterocycles. The Kier molecular flexibility index (Phi) is 6.26. The normalized spacial score (nSPS) is 13.3. The molecule has 2 nitrogen and oxygen atoms in total. The minimum absolute atomic E-state index is 0.116. The molecule has 2 heteroatoms. The van der Waals surface area contributed by atoms with Gasteiger partial charge in [-0.3, -0.25) is 0 Å². The SMILES string of the molecule is CC1(C)c2ccccc2N(c2cccc(-c3cc(C#N)cc(-c4ccc5c6ccccc6c6ccccc6c5c4)c3)c2)c2ccccc21. The van der Waals surface area contributed by atoms with E-state index in [1.165, 1.54) is 54.8 Å². The highest BCUT2D eigenvalue weighted by Crippen LogP contribution is 2.52. The quantitative estimate of drug-likeness (QED) is 0.186. The second kappa shape index (κ2) is 10.7. The molecule has 8 aromatic rings. The van der Waals surface area contributed by atoms with E-state index in [1.54, 1.807) is 0 Å². The molecule has 0 unspecified atom stereocenters. The maximum absolute atomic E-state index is 10.2. The van der Waals surface area contributed by atoms with Crippen LogP contribution in [0.5, 0.6) is 0 Å². The molecule has 0 radical (unpaired) electrons. The monoisotopic (exact) mass is 612 g/mol. The van der Waals surface area contributed by atoms with Gasteiger partial charge >= 0.3 is 0 Å². The fraction of sp³-hybridized carbons (Fsp3) is 0.0652. The minimum Gasteiger partial charge on any atom is -0.310 e. The Labute approximate surface area is 280 Å². The predicted molar refractivity (Wildman–Crippen MR) is 201 cm³/mol. The zero-order valence-electron chi connectivity index (χ0n) is 26.9. The first kappa shape index (κ1) is 28.1. The van der Waals surface area contributed by atoms with Gasteiger partial charge in [-0.05, 0) is 114 Å². The van der Waals surface area contributed by atoms with Crippen LogP contribution in [0.4, 0.5) is 17.1 Å². The van der Waals surface area contributed by atoms with Crippen molar-refractivity contribution in [2.75, 3.05) is 4.90 Å². The molecular weight excluding hydrogens is 581 g/mol. The summed E-state index contributed by atoms with van der Waals surface area (Å²) < 4.78 is 0. The molecule has 0 bridgehead atoms. The van der Waals surface area contributed by atoms with Crippen LogP contribution in [0.15, 0.2) is 158 Å². The van der Waals surface area contributed by atoms with Crippen LogP contribution in [-0.4, -0.2) is 0 Å². The molecule has 0 N–H and O–H groups in total. The summed E-state index contributed by atoms with van der Waals surface area (Å²) in [4.78, 5) is 2.38. The molecule has 1 aliphatic rings. The zero-order chi connectivity index (χ0) is 32.4. The highest BCUT2D eigenvalue weighted by Gasteiger charge is 2.36. The van der Waals surface area contributed by atoms with E-state index in [-0.39, 0.29) is 5.41 Å². The third kappa shape index (κ3) is 4.25. The minimum atomic E-state index is -0.116. The van der Waals surface area contributed by atoms with E-state index in [2.05, 4.69) is 170 Å². The number of nitrogens with zero attached hydrogens (tertiary/aromatic N) is 2. The van der Waals surface area contributed by atoms with Crippen molar-refractivity contribution >= 4 is 49.4 Å². The first-order chi connectivity index (χ1) is 23.5. The molecule has 0 fully saturated rings. The van der Waals surface area contributed by atoms with E-state index in [1.807, 2.05) is 12.1 Å². The molecular formula is C46H32N2. The Morgan fingerprint density at radius 3 is 1.52 bits per heavy atom. The Morgan fingerprint density at radius 1 is 0.438 bits per heavy atom. The summed E-state index contributed by atoms with van der Waals surface area (Å²) >= 11 is 0. The molecule has 48 heavy (non-hydrogen) atoms. The van der Waals surface area contributed by atoms with E-state index in [4.69, 9.17) is 0 Å². The smallest absolute Gasteiger partial charge is 0.0992 e. The van der Waals surface area contributed by atoms with Gasteiger partial charge in [0.1, 0.15) is 0 Å². The standard InChI is InChI=1S/C46H32N2/c1-46(2)42-18-7-9-20-44(42)48(45-21-10-8-19-43(45)46)35-13-11-12-31(27-35)33-24-30(29-47)25-34(26-33)32-22-23-40-38-16-4-3-14-36(38)37-15-5-6-17-39(37)41(40)28-32/h3-28H,1-2H3. The first-order valence-corrected chi connectivity index (χ1v) is 16.5. The third-order valence-corrected chi connectivity index (χ3v) is 10.2. The van der Waals surface area contributed by atoms with E-state index < -0.39 is 0 Å². The van der Waals surface area contributed by atoms with Gasteiger partial charge in [0.15, 0.2) is 0 Å². The van der Waals surface area contributed by atoms with Crippen LogP contribution >= 0.6 is 0 Å². The largest absolute Gasteiger partial charge is 0.310 e. The molecule has 0 spiro atoms. The van der Waals surface area contributed by atoms with Crippen molar-refractivity contribution in [1.29, 1.82) is 5.26 Å². The second-order valence-corrected chi connectivity index (χ2v) is 13.3. The Balaban J connectivity index is 1.20. The van der Waals surface area contributed by atoms with Gasteiger partial charge in [-0.1, -0.05) is 123 Å².